The van der Waals surface area contributed by atoms with Crippen molar-refractivity contribution in [1.29, 1.82) is 0 Å². The van der Waals surface area contributed by atoms with E-state index in [2.05, 4.69) is 5.32 Å². The minimum atomic E-state index is -1.03. The number of nitrogens with one attached hydrogen (secondary N) is 1. The van der Waals surface area contributed by atoms with Gasteiger partial charge in [0.1, 0.15) is 5.75 Å². The number of aromatic carboxylic acids is 1. The summed E-state index contributed by atoms with van der Waals surface area (Å²) in [4.78, 5) is 11.1. The zero-order valence-corrected chi connectivity index (χ0v) is 11.8. The maximum atomic E-state index is 11.1. The van der Waals surface area contributed by atoms with Gasteiger partial charge in [-0.05, 0) is 48.7 Å². The van der Waals surface area contributed by atoms with E-state index >= 15 is 0 Å². The molecule has 0 aliphatic rings. The number of hydrogen-bond donors (Lipinski definition) is 4. The van der Waals surface area contributed by atoms with Gasteiger partial charge in [0, 0.05) is 17.9 Å². The standard InChI is InChI=1S/C16H18N2O3/c1-10-8-12(9-14(15(10)17)16(20)21)18-7-6-11-2-4-13(19)5-3-11/h2-5,8-9,18-19H,6-7,17H2,1H3,(H,20,21). The molecule has 2 aromatic rings. The largest absolute Gasteiger partial charge is 0.508 e. The van der Waals surface area contributed by atoms with Crippen molar-refractivity contribution in [3.05, 3.63) is 53.1 Å². The normalized spacial score (nSPS) is 10.3. The molecule has 0 aliphatic carbocycles. The Morgan fingerprint density at radius 2 is 1.90 bits per heavy atom. The van der Waals surface area contributed by atoms with Crippen LogP contribution in [0, 0.1) is 6.92 Å². The molecule has 0 heterocycles. The summed E-state index contributed by atoms with van der Waals surface area (Å²) in [6.45, 7) is 2.44. The second-order valence-corrected chi connectivity index (χ2v) is 4.90. The summed E-state index contributed by atoms with van der Waals surface area (Å²) in [7, 11) is 0. The maximum absolute atomic E-state index is 11.1. The van der Waals surface area contributed by atoms with Crippen LogP contribution in [0.15, 0.2) is 36.4 Å². The zero-order valence-electron chi connectivity index (χ0n) is 11.8. The summed E-state index contributed by atoms with van der Waals surface area (Å²) in [5, 5.41) is 21.5. The van der Waals surface area contributed by atoms with Crippen molar-refractivity contribution in [3.63, 3.8) is 0 Å². The van der Waals surface area contributed by atoms with Gasteiger partial charge in [0.15, 0.2) is 0 Å². The van der Waals surface area contributed by atoms with Gasteiger partial charge in [-0.25, -0.2) is 4.79 Å². The molecule has 0 saturated carbocycles. The first-order valence-corrected chi connectivity index (χ1v) is 6.62. The number of rotatable bonds is 5. The molecular formula is C16H18N2O3. The lowest BCUT2D eigenvalue weighted by Crippen LogP contribution is -2.09. The van der Waals surface area contributed by atoms with E-state index in [1.165, 1.54) is 0 Å². The molecule has 0 atom stereocenters. The van der Waals surface area contributed by atoms with Gasteiger partial charge in [0.2, 0.25) is 0 Å². The van der Waals surface area contributed by atoms with Crippen LogP contribution in [0.5, 0.6) is 5.75 Å². The lowest BCUT2D eigenvalue weighted by molar-refractivity contribution is 0.0698. The van der Waals surface area contributed by atoms with E-state index in [1.807, 2.05) is 18.2 Å². The van der Waals surface area contributed by atoms with Crippen molar-refractivity contribution in [1.82, 2.24) is 0 Å². The van der Waals surface area contributed by atoms with Gasteiger partial charge < -0.3 is 21.3 Å². The van der Waals surface area contributed by atoms with Crippen LogP contribution in [0.2, 0.25) is 0 Å². The summed E-state index contributed by atoms with van der Waals surface area (Å²) in [6.07, 6.45) is 0.770. The molecule has 2 aromatic carbocycles. The van der Waals surface area contributed by atoms with Gasteiger partial charge in [0.05, 0.1) is 5.56 Å². The van der Waals surface area contributed by atoms with E-state index in [0.29, 0.717) is 12.2 Å². The molecule has 0 fully saturated rings. The van der Waals surface area contributed by atoms with Crippen molar-refractivity contribution < 1.29 is 15.0 Å². The number of benzene rings is 2. The first-order valence-electron chi connectivity index (χ1n) is 6.62. The number of aromatic hydroxyl groups is 1. The van der Waals surface area contributed by atoms with Crippen LogP contribution in [0.3, 0.4) is 0 Å². The van der Waals surface area contributed by atoms with Crippen LogP contribution in [0.25, 0.3) is 0 Å². The van der Waals surface area contributed by atoms with Gasteiger partial charge in [-0.3, -0.25) is 0 Å². The van der Waals surface area contributed by atoms with Crippen LogP contribution < -0.4 is 11.1 Å². The number of phenols is 1. The first-order chi connectivity index (χ1) is 9.97. The summed E-state index contributed by atoms with van der Waals surface area (Å²) in [5.74, 6) is -0.787. The third-order valence-electron chi connectivity index (χ3n) is 3.30. The fourth-order valence-electron chi connectivity index (χ4n) is 2.09. The topological polar surface area (TPSA) is 95.6 Å². The Balaban J connectivity index is 2.03. The number of nitrogens with two attached hydrogens (primary N) is 1. The quantitative estimate of drug-likeness (QED) is 0.634. The highest BCUT2D eigenvalue weighted by Gasteiger charge is 2.11. The maximum Gasteiger partial charge on any atom is 0.337 e. The van der Waals surface area contributed by atoms with Crippen molar-refractivity contribution >= 4 is 17.3 Å². The molecule has 0 aliphatic heterocycles. The Hall–Kier alpha value is -2.69. The highest BCUT2D eigenvalue weighted by Crippen LogP contribution is 2.23. The number of hydrogen-bond acceptors (Lipinski definition) is 4. The molecule has 0 radical (unpaired) electrons. The van der Waals surface area contributed by atoms with E-state index in [1.54, 1.807) is 25.1 Å². The van der Waals surface area contributed by atoms with Crippen LogP contribution in [-0.4, -0.2) is 22.7 Å². The number of aryl methyl sites for hydroxylation is 1. The molecule has 5 nitrogen and oxygen atoms in total. The Bertz CT molecular complexity index is 651. The molecule has 0 aromatic heterocycles. The van der Waals surface area contributed by atoms with E-state index in [9.17, 15) is 9.90 Å². The summed E-state index contributed by atoms with van der Waals surface area (Å²) in [5.41, 5.74) is 8.73. The number of carboxylic acid groups (broad SMARTS) is 1. The molecule has 0 unspecified atom stereocenters. The first kappa shape index (κ1) is 14.7. The lowest BCUT2D eigenvalue weighted by atomic mass is 10.1. The predicted molar refractivity (Wildman–Crippen MR) is 82.9 cm³/mol. The van der Waals surface area contributed by atoms with E-state index < -0.39 is 5.97 Å². The average molecular weight is 286 g/mol. The van der Waals surface area contributed by atoms with Crippen molar-refractivity contribution in [3.8, 4) is 5.75 Å². The fourth-order valence-corrected chi connectivity index (χ4v) is 2.09. The Morgan fingerprint density at radius 1 is 1.24 bits per heavy atom. The molecule has 0 saturated heterocycles. The van der Waals surface area contributed by atoms with Gasteiger partial charge in [-0.2, -0.15) is 0 Å². The van der Waals surface area contributed by atoms with E-state index in [4.69, 9.17) is 10.8 Å². The summed E-state index contributed by atoms with van der Waals surface area (Å²) < 4.78 is 0. The minimum absolute atomic E-state index is 0.113. The molecule has 0 amide bonds. The fraction of sp³-hybridized carbons (Fsp3) is 0.188. The Morgan fingerprint density at radius 3 is 2.52 bits per heavy atom. The van der Waals surface area contributed by atoms with Crippen LogP contribution >= 0.6 is 0 Å². The molecule has 110 valence electrons. The summed E-state index contributed by atoms with van der Waals surface area (Å²) >= 11 is 0. The molecule has 5 heteroatoms. The monoisotopic (exact) mass is 286 g/mol. The second kappa shape index (κ2) is 6.17. The number of phenolic OH excluding ortho intramolecular Hbond substituents is 1. The minimum Gasteiger partial charge on any atom is -0.508 e. The number of carboxylic acids is 1. The van der Waals surface area contributed by atoms with Crippen molar-refractivity contribution in [2.75, 3.05) is 17.6 Å². The van der Waals surface area contributed by atoms with Gasteiger partial charge in [-0.15, -0.1) is 0 Å². The average Bonchev–Trinajstić information content (AvgIpc) is 2.44. The number of anilines is 2. The van der Waals surface area contributed by atoms with Gasteiger partial charge >= 0.3 is 5.97 Å². The third-order valence-corrected chi connectivity index (χ3v) is 3.30. The van der Waals surface area contributed by atoms with Crippen molar-refractivity contribution in [2.24, 2.45) is 0 Å². The van der Waals surface area contributed by atoms with E-state index in [-0.39, 0.29) is 11.3 Å². The highest BCUT2D eigenvalue weighted by molar-refractivity contribution is 5.95. The second-order valence-electron chi connectivity index (χ2n) is 4.90. The zero-order chi connectivity index (χ0) is 15.4. The Labute approximate surface area is 123 Å². The molecule has 5 N–H and O–H groups in total. The lowest BCUT2D eigenvalue weighted by Gasteiger charge is -2.11. The van der Waals surface area contributed by atoms with Crippen LogP contribution in [-0.2, 0) is 6.42 Å². The van der Waals surface area contributed by atoms with Gasteiger partial charge in [-0.1, -0.05) is 12.1 Å². The molecular weight excluding hydrogens is 268 g/mol. The van der Waals surface area contributed by atoms with Crippen LogP contribution in [0.1, 0.15) is 21.5 Å². The molecule has 2 rings (SSSR count). The smallest absolute Gasteiger partial charge is 0.337 e. The number of carbonyl (C=O) groups is 1. The SMILES string of the molecule is Cc1cc(NCCc2ccc(O)cc2)cc(C(=O)O)c1N. The summed E-state index contributed by atoms with van der Waals surface area (Å²) in [6, 6.07) is 10.4. The van der Waals surface area contributed by atoms with Crippen LogP contribution in [0.4, 0.5) is 11.4 Å². The molecule has 21 heavy (non-hydrogen) atoms. The molecule has 0 spiro atoms. The Kier molecular flexibility index (Phi) is 4.33. The van der Waals surface area contributed by atoms with E-state index in [0.717, 1.165) is 23.2 Å². The van der Waals surface area contributed by atoms with Crippen molar-refractivity contribution in [2.45, 2.75) is 13.3 Å². The predicted octanol–water partition coefficient (Wildman–Crippen LogP) is 2.64. The molecule has 0 bridgehead atoms. The van der Waals surface area contributed by atoms with Gasteiger partial charge in [0.25, 0.3) is 0 Å². The third kappa shape index (κ3) is 3.66. The number of nitrogen functional groups attached to an aromatic ring is 1. The highest BCUT2D eigenvalue weighted by atomic mass is 16.4.